The van der Waals surface area contributed by atoms with Crippen LogP contribution in [0.15, 0.2) is 48.5 Å². The van der Waals surface area contributed by atoms with Gasteiger partial charge in [-0.3, -0.25) is 9.59 Å². The smallest absolute Gasteiger partial charge is 0.252 e. The van der Waals surface area contributed by atoms with E-state index in [-0.39, 0.29) is 41.4 Å². The third-order valence-electron chi connectivity index (χ3n) is 3.96. The molecule has 6 heteroatoms. The molecule has 0 saturated heterocycles. The molecule has 1 atom stereocenters. The molecule has 2 rings (SSSR count). The molecular weight excluding hydrogens is 355 g/mol. The van der Waals surface area contributed by atoms with Crippen LogP contribution in [-0.2, 0) is 4.79 Å². The molecule has 0 aromatic heterocycles. The maximum atomic E-state index is 13.0. The van der Waals surface area contributed by atoms with Crippen molar-refractivity contribution >= 4 is 23.4 Å². The number of nitrogens with one attached hydrogen (secondary N) is 2. The summed E-state index contributed by atoms with van der Waals surface area (Å²) in [5.74, 6) is -0.871. The molecule has 26 heavy (non-hydrogen) atoms. The monoisotopic (exact) mass is 376 g/mol. The summed E-state index contributed by atoms with van der Waals surface area (Å²) in [5, 5.41) is 5.66. The van der Waals surface area contributed by atoms with Crippen molar-refractivity contribution in [3.05, 3.63) is 70.5 Å². The minimum absolute atomic E-state index is 0.0379. The van der Waals surface area contributed by atoms with E-state index in [1.54, 1.807) is 0 Å². The first-order valence-electron chi connectivity index (χ1n) is 8.46. The Kier molecular flexibility index (Phi) is 7.16. The lowest BCUT2D eigenvalue weighted by Gasteiger charge is -2.23. The van der Waals surface area contributed by atoms with E-state index in [0.717, 1.165) is 11.6 Å². The molecule has 0 fully saturated rings. The average molecular weight is 377 g/mol. The average Bonchev–Trinajstić information content (AvgIpc) is 2.60. The summed E-state index contributed by atoms with van der Waals surface area (Å²) in [5.41, 5.74) is 1.22. The minimum Gasteiger partial charge on any atom is -0.351 e. The van der Waals surface area contributed by atoms with Crippen molar-refractivity contribution in [2.24, 2.45) is 5.92 Å². The van der Waals surface area contributed by atoms with Crippen LogP contribution in [0.25, 0.3) is 0 Å². The van der Waals surface area contributed by atoms with Crippen molar-refractivity contribution in [2.75, 3.05) is 6.54 Å². The van der Waals surface area contributed by atoms with Gasteiger partial charge in [-0.05, 0) is 29.7 Å². The maximum Gasteiger partial charge on any atom is 0.252 e. The van der Waals surface area contributed by atoms with E-state index in [1.807, 2.05) is 44.2 Å². The van der Waals surface area contributed by atoms with E-state index in [0.29, 0.717) is 0 Å². The SMILES string of the molecule is CC(C)[C@H](NC(=O)CCNC(=O)c1ccc(F)cc1Cl)c1ccccc1. The van der Waals surface area contributed by atoms with Gasteiger partial charge in [0.25, 0.3) is 5.91 Å². The Morgan fingerprint density at radius 3 is 2.42 bits per heavy atom. The molecule has 2 N–H and O–H groups in total. The molecular formula is C20H22ClFN2O2. The van der Waals surface area contributed by atoms with Crippen molar-refractivity contribution in [3.8, 4) is 0 Å². The van der Waals surface area contributed by atoms with Crippen molar-refractivity contribution in [1.82, 2.24) is 10.6 Å². The van der Waals surface area contributed by atoms with E-state index >= 15 is 0 Å². The quantitative estimate of drug-likeness (QED) is 0.763. The number of rotatable bonds is 7. The van der Waals surface area contributed by atoms with Crippen LogP contribution in [0.5, 0.6) is 0 Å². The fourth-order valence-electron chi connectivity index (χ4n) is 2.60. The third kappa shape index (κ3) is 5.56. The normalized spacial score (nSPS) is 11.9. The summed E-state index contributed by atoms with van der Waals surface area (Å²) in [6.07, 6.45) is 0.139. The van der Waals surface area contributed by atoms with Gasteiger partial charge in [0.1, 0.15) is 5.82 Å². The Hall–Kier alpha value is -2.40. The number of halogens is 2. The largest absolute Gasteiger partial charge is 0.351 e. The van der Waals surface area contributed by atoms with Gasteiger partial charge in [0.15, 0.2) is 0 Å². The first-order chi connectivity index (χ1) is 12.4. The summed E-state index contributed by atoms with van der Waals surface area (Å²) < 4.78 is 13.0. The highest BCUT2D eigenvalue weighted by Gasteiger charge is 2.18. The molecule has 2 aromatic rings. The molecule has 0 spiro atoms. The molecule has 138 valence electrons. The van der Waals surface area contributed by atoms with Gasteiger partial charge in [0.05, 0.1) is 16.6 Å². The topological polar surface area (TPSA) is 58.2 Å². The zero-order valence-electron chi connectivity index (χ0n) is 14.8. The fourth-order valence-corrected chi connectivity index (χ4v) is 2.85. The lowest BCUT2D eigenvalue weighted by Crippen LogP contribution is -2.34. The van der Waals surface area contributed by atoms with Crippen molar-refractivity contribution < 1.29 is 14.0 Å². The molecule has 0 radical (unpaired) electrons. The van der Waals surface area contributed by atoms with Crippen LogP contribution in [0.4, 0.5) is 4.39 Å². The number of benzene rings is 2. The van der Waals surface area contributed by atoms with Crippen LogP contribution in [0.1, 0.15) is 42.2 Å². The molecule has 2 amide bonds. The lowest BCUT2D eigenvalue weighted by atomic mass is 9.96. The van der Waals surface area contributed by atoms with E-state index in [1.165, 1.54) is 12.1 Å². The van der Waals surface area contributed by atoms with Crippen LogP contribution in [0.2, 0.25) is 5.02 Å². The Morgan fingerprint density at radius 2 is 1.81 bits per heavy atom. The van der Waals surface area contributed by atoms with Crippen LogP contribution in [-0.4, -0.2) is 18.4 Å². The molecule has 0 aliphatic rings. The summed E-state index contributed by atoms with van der Waals surface area (Å²) in [7, 11) is 0. The number of carbonyl (C=O) groups is 2. The van der Waals surface area contributed by atoms with Crippen molar-refractivity contribution in [2.45, 2.75) is 26.3 Å². The van der Waals surface area contributed by atoms with Crippen LogP contribution in [0.3, 0.4) is 0 Å². The molecule has 0 saturated carbocycles. The van der Waals surface area contributed by atoms with E-state index in [4.69, 9.17) is 11.6 Å². The Bertz CT molecular complexity index is 766. The lowest BCUT2D eigenvalue weighted by molar-refractivity contribution is -0.122. The van der Waals surface area contributed by atoms with Gasteiger partial charge in [-0.15, -0.1) is 0 Å². The van der Waals surface area contributed by atoms with Gasteiger partial charge in [-0.25, -0.2) is 4.39 Å². The standard InChI is InChI=1S/C20H22ClFN2O2/c1-13(2)19(14-6-4-3-5-7-14)24-18(25)10-11-23-20(26)16-9-8-15(22)12-17(16)21/h3-9,12-13,19H,10-11H2,1-2H3,(H,23,26)(H,24,25)/t19-/m0/s1. The highest BCUT2D eigenvalue weighted by Crippen LogP contribution is 2.21. The van der Waals surface area contributed by atoms with Crippen molar-refractivity contribution in [3.63, 3.8) is 0 Å². The molecule has 0 bridgehead atoms. The molecule has 0 heterocycles. The number of hydrogen-bond acceptors (Lipinski definition) is 2. The van der Waals surface area contributed by atoms with Gasteiger partial charge >= 0.3 is 0 Å². The van der Waals surface area contributed by atoms with E-state index < -0.39 is 11.7 Å². The van der Waals surface area contributed by atoms with Crippen molar-refractivity contribution in [1.29, 1.82) is 0 Å². The fraction of sp³-hybridized carbons (Fsp3) is 0.300. The third-order valence-corrected chi connectivity index (χ3v) is 4.27. The molecule has 0 unspecified atom stereocenters. The predicted octanol–water partition coefficient (Wildman–Crippen LogP) is 4.11. The van der Waals surface area contributed by atoms with Crippen LogP contribution in [0, 0.1) is 11.7 Å². The second kappa shape index (κ2) is 9.34. The van der Waals surface area contributed by atoms with E-state index in [9.17, 15) is 14.0 Å². The van der Waals surface area contributed by atoms with E-state index in [2.05, 4.69) is 10.6 Å². The Balaban J connectivity index is 1.87. The Morgan fingerprint density at radius 1 is 1.12 bits per heavy atom. The molecule has 0 aliphatic carbocycles. The second-order valence-corrected chi connectivity index (χ2v) is 6.74. The highest BCUT2D eigenvalue weighted by molar-refractivity contribution is 6.33. The first kappa shape index (κ1) is 19.9. The van der Waals surface area contributed by atoms with Gasteiger partial charge in [0.2, 0.25) is 5.91 Å². The molecule has 4 nitrogen and oxygen atoms in total. The summed E-state index contributed by atoms with van der Waals surface area (Å²) in [4.78, 5) is 24.3. The first-order valence-corrected chi connectivity index (χ1v) is 8.84. The summed E-state index contributed by atoms with van der Waals surface area (Å²) in [6, 6.07) is 13.2. The maximum absolute atomic E-state index is 13.0. The molecule has 2 aromatic carbocycles. The second-order valence-electron chi connectivity index (χ2n) is 6.33. The summed E-state index contributed by atoms with van der Waals surface area (Å²) in [6.45, 7) is 4.24. The minimum atomic E-state index is -0.508. The predicted molar refractivity (Wildman–Crippen MR) is 101 cm³/mol. The number of amides is 2. The van der Waals surface area contributed by atoms with Crippen LogP contribution < -0.4 is 10.6 Å². The van der Waals surface area contributed by atoms with Gasteiger partial charge in [0, 0.05) is 13.0 Å². The summed E-state index contributed by atoms with van der Waals surface area (Å²) >= 11 is 5.86. The number of hydrogen-bond donors (Lipinski definition) is 2. The molecule has 0 aliphatic heterocycles. The van der Waals surface area contributed by atoms with Gasteiger partial charge in [-0.1, -0.05) is 55.8 Å². The highest BCUT2D eigenvalue weighted by atomic mass is 35.5. The van der Waals surface area contributed by atoms with Gasteiger partial charge < -0.3 is 10.6 Å². The number of carbonyl (C=O) groups excluding carboxylic acids is 2. The Labute approximate surface area is 157 Å². The van der Waals surface area contributed by atoms with Crippen LogP contribution >= 0.6 is 11.6 Å². The zero-order chi connectivity index (χ0) is 19.1. The van der Waals surface area contributed by atoms with Gasteiger partial charge in [-0.2, -0.15) is 0 Å². The zero-order valence-corrected chi connectivity index (χ0v) is 15.5.